The monoisotopic (exact) mass is 270 g/mol. The maximum Gasteiger partial charge on any atom is 0.228 e. The molecular formula is C14H23ClN2O. The summed E-state index contributed by atoms with van der Waals surface area (Å²) in [6.07, 6.45) is 0. The molecule has 102 valence electrons. The van der Waals surface area contributed by atoms with Crippen LogP contribution in [0.4, 0.5) is 5.69 Å². The average molecular weight is 271 g/mol. The smallest absolute Gasteiger partial charge is 0.228 e. The van der Waals surface area contributed by atoms with E-state index < -0.39 is 0 Å². The van der Waals surface area contributed by atoms with Gasteiger partial charge in [-0.15, -0.1) is 12.4 Å². The van der Waals surface area contributed by atoms with Crippen molar-refractivity contribution in [3.8, 4) is 0 Å². The molecule has 1 unspecified atom stereocenters. The average Bonchev–Trinajstić information content (AvgIpc) is 2.30. The first-order valence-corrected chi connectivity index (χ1v) is 6.10. The summed E-state index contributed by atoms with van der Waals surface area (Å²) in [7, 11) is 1.85. The minimum absolute atomic E-state index is 0. The van der Waals surface area contributed by atoms with Gasteiger partial charge < -0.3 is 10.6 Å². The number of carbonyl (C=O) groups excluding carboxylic acids is 1. The molecule has 0 saturated carbocycles. The first-order chi connectivity index (χ1) is 8.04. The predicted octanol–water partition coefficient (Wildman–Crippen LogP) is 3.03. The SMILES string of the molecule is CNCC(C)C(=O)Nc1ccc(C(C)C)cc1.Cl. The van der Waals surface area contributed by atoms with E-state index >= 15 is 0 Å². The van der Waals surface area contributed by atoms with Gasteiger partial charge in [0.05, 0.1) is 0 Å². The van der Waals surface area contributed by atoms with Gasteiger partial charge in [-0.1, -0.05) is 32.9 Å². The van der Waals surface area contributed by atoms with Crippen LogP contribution in [0.15, 0.2) is 24.3 Å². The van der Waals surface area contributed by atoms with Gasteiger partial charge in [0.15, 0.2) is 0 Å². The molecule has 18 heavy (non-hydrogen) atoms. The summed E-state index contributed by atoms with van der Waals surface area (Å²) in [5, 5.41) is 5.91. The van der Waals surface area contributed by atoms with E-state index in [0.717, 1.165) is 5.69 Å². The predicted molar refractivity (Wildman–Crippen MR) is 79.5 cm³/mol. The van der Waals surface area contributed by atoms with Crippen molar-refractivity contribution in [2.75, 3.05) is 18.9 Å². The maximum absolute atomic E-state index is 11.8. The number of nitrogens with one attached hydrogen (secondary N) is 2. The van der Waals surface area contributed by atoms with Crippen LogP contribution in [-0.4, -0.2) is 19.5 Å². The van der Waals surface area contributed by atoms with Crippen LogP contribution in [-0.2, 0) is 4.79 Å². The zero-order chi connectivity index (χ0) is 12.8. The second-order valence-corrected chi connectivity index (χ2v) is 4.72. The molecule has 0 aliphatic heterocycles. The number of carbonyl (C=O) groups is 1. The Kier molecular flexibility index (Phi) is 7.64. The van der Waals surface area contributed by atoms with Crippen molar-refractivity contribution in [1.82, 2.24) is 5.32 Å². The van der Waals surface area contributed by atoms with Gasteiger partial charge in [0.25, 0.3) is 0 Å². The third-order valence-corrected chi connectivity index (χ3v) is 2.80. The van der Waals surface area contributed by atoms with Crippen LogP contribution in [0.1, 0.15) is 32.3 Å². The summed E-state index contributed by atoms with van der Waals surface area (Å²) in [5.74, 6) is 0.546. The number of hydrogen-bond acceptors (Lipinski definition) is 2. The zero-order valence-corrected chi connectivity index (χ0v) is 12.3. The molecule has 2 N–H and O–H groups in total. The van der Waals surface area contributed by atoms with E-state index in [1.807, 2.05) is 26.1 Å². The first-order valence-electron chi connectivity index (χ1n) is 6.10. The quantitative estimate of drug-likeness (QED) is 0.864. The van der Waals surface area contributed by atoms with Crippen LogP contribution in [0.25, 0.3) is 0 Å². The van der Waals surface area contributed by atoms with E-state index in [1.165, 1.54) is 5.56 Å². The highest BCUT2D eigenvalue weighted by Gasteiger charge is 2.11. The number of anilines is 1. The molecule has 0 aliphatic carbocycles. The van der Waals surface area contributed by atoms with Gasteiger partial charge in [0, 0.05) is 18.2 Å². The largest absolute Gasteiger partial charge is 0.326 e. The molecule has 0 aromatic heterocycles. The third-order valence-electron chi connectivity index (χ3n) is 2.80. The van der Waals surface area contributed by atoms with Crippen molar-refractivity contribution in [3.63, 3.8) is 0 Å². The standard InChI is InChI=1S/C14H22N2O.ClH/c1-10(2)12-5-7-13(8-6-12)16-14(17)11(3)9-15-4;/h5-8,10-11,15H,9H2,1-4H3,(H,16,17);1H. The summed E-state index contributed by atoms with van der Waals surface area (Å²) in [4.78, 5) is 11.8. The van der Waals surface area contributed by atoms with Crippen LogP contribution in [0.2, 0.25) is 0 Å². The highest BCUT2D eigenvalue weighted by atomic mass is 35.5. The van der Waals surface area contributed by atoms with E-state index in [9.17, 15) is 4.79 Å². The summed E-state index contributed by atoms with van der Waals surface area (Å²) in [5.41, 5.74) is 2.15. The Balaban J connectivity index is 0.00000289. The van der Waals surface area contributed by atoms with Gasteiger partial charge in [-0.2, -0.15) is 0 Å². The van der Waals surface area contributed by atoms with Crippen molar-refractivity contribution >= 4 is 24.0 Å². The molecule has 1 aromatic carbocycles. The topological polar surface area (TPSA) is 41.1 Å². The van der Waals surface area contributed by atoms with Gasteiger partial charge in [-0.3, -0.25) is 4.79 Å². The molecule has 0 aliphatic rings. The van der Waals surface area contributed by atoms with Crippen LogP contribution in [0.5, 0.6) is 0 Å². The van der Waals surface area contributed by atoms with E-state index in [4.69, 9.17) is 0 Å². The lowest BCUT2D eigenvalue weighted by molar-refractivity contribution is -0.119. The second kappa shape index (κ2) is 8.11. The fourth-order valence-electron chi connectivity index (χ4n) is 1.62. The molecule has 0 radical (unpaired) electrons. The van der Waals surface area contributed by atoms with Crippen LogP contribution in [0.3, 0.4) is 0 Å². The van der Waals surface area contributed by atoms with Gasteiger partial charge in [0.1, 0.15) is 0 Å². The Hall–Kier alpha value is -1.06. The van der Waals surface area contributed by atoms with Gasteiger partial charge >= 0.3 is 0 Å². The summed E-state index contributed by atoms with van der Waals surface area (Å²) in [6.45, 7) is 6.91. The van der Waals surface area contributed by atoms with Crippen molar-refractivity contribution in [1.29, 1.82) is 0 Å². The van der Waals surface area contributed by atoms with Gasteiger partial charge in [0.2, 0.25) is 5.91 Å². The molecule has 0 spiro atoms. The minimum atomic E-state index is -0.0234. The van der Waals surface area contributed by atoms with Gasteiger partial charge in [-0.05, 0) is 30.7 Å². The molecule has 1 atom stereocenters. The molecule has 1 aromatic rings. The highest BCUT2D eigenvalue weighted by Crippen LogP contribution is 2.17. The fourth-order valence-corrected chi connectivity index (χ4v) is 1.62. The summed E-state index contributed by atoms with van der Waals surface area (Å²) < 4.78 is 0. The normalized spacial score (nSPS) is 11.8. The molecule has 1 amide bonds. The lowest BCUT2D eigenvalue weighted by atomic mass is 10.0. The highest BCUT2D eigenvalue weighted by molar-refractivity contribution is 5.92. The van der Waals surface area contributed by atoms with Crippen molar-refractivity contribution < 1.29 is 4.79 Å². The van der Waals surface area contributed by atoms with E-state index in [-0.39, 0.29) is 24.2 Å². The maximum atomic E-state index is 11.8. The Morgan fingerprint density at radius 3 is 2.17 bits per heavy atom. The van der Waals surface area contributed by atoms with Crippen molar-refractivity contribution in [3.05, 3.63) is 29.8 Å². The van der Waals surface area contributed by atoms with Crippen molar-refractivity contribution in [2.45, 2.75) is 26.7 Å². The fraction of sp³-hybridized carbons (Fsp3) is 0.500. The Labute approximate surface area is 116 Å². The Bertz CT molecular complexity index is 363. The van der Waals surface area contributed by atoms with E-state index in [2.05, 4.69) is 36.6 Å². The third kappa shape index (κ3) is 5.07. The number of hydrogen-bond donors (Lipinski definition) is 2. The number of benzene rings is 1. The number of rotatable bonds is 5. The lowest BCUT2D eigenvalue weighted by Gasteiger charge is -2.12. The zero-order valence-electron chi connectivity index (χ0n) is 11.5. The summed E-state index contributed by atoms with van der Waals surface area (Å²) >= 11 is 0. The molecular weight excluding hydrogens is 248 g/mol. The molecule has 0 fully saturated rings. The molecule has 0 bridgehead atoms. The molecule has 0 saturated heterocycles. The molecule has 4 heteroatoms. The number of halogens is 1. The Morgan fingerprint density at radius 2 is 1.72 bits per heavy atom. The van der Waals surface area contributed by atoms with Crippen LogP contribution in [0, 0.1) is 5.92 Å². The second-order valence-electron chi connectivity index (χ2n) is 4.72. The molecule has 1 rings (SSSR count). The molecule has 3 nitrogen and oxygen atoms in total. The van der Waals surface area contributed by atoms with Crippen LogP contribution >= 0.6 is 12.4 Å². The van der Waals surface area contributed by atoms with E-state index in [0.29, 0.717) is 12.5 Å². The first kappa shape index (κ1) is 16.9. The Morgan fingerprint density at radius 1 is 1.17 bits per heavy atom. The molecule has 0 heterocycles. The lowest BCUT2D eigenvalue weighted by Crippen LogP contribution is -2.28. The minimum Gasteiger partial charge on any atom is -0.326 e. The van der Waals surface area contributed by atoms with Crippen molar-refractivity contribution in [2.24, 2.45) is 5.92 Å². The summed E-state index contributed by atoms with van der Waals surface area (Å²) in [6, 6.07) is 8.03. The van der Waals surface area contributed by atoms with Gasteiger partial charge in [-0.25, -0.2) is 0 Å². The van der Waals surface area contributed by atoms with Crippen LogP contribution < -0.4 is 10.6 Å². The number of amides is 1. The van der Waals surface area contributed by atoms with E-state index in [1.54, 1.807) is 0 Å².